The van der Waals surface area contributed by atoms with Crippen LogP contribution in [0.4, 0.5) is 0 Å². The van der Waals surface area contributed by atoms with E-state index in [4.69, 9.17) is 0 Å². The molecule has 0 bridgehead atoms. The SMILES string of the molecule is C/C(=C\[C@H](C(C)C)N(C)C(=O)C(NC(=O)[C@H]1CCCCN1C(C)C)C(C)C)C(=O)NC(C)C. The maximum absolute atomic E-state index is 13.6. The number of hydrogen-bond acceptors (Lipinski definition) is 4. The van der Waals surface area contributed by atoms with E-state index in [9.17, 15) is 14.4 Å². The van der Waals surface area contributed by atoms with Crippen molar-refractivity contribution in [2.45, 2.75) is 112 Å². The minimum Gasteiger partial charge on any atom is -0.350 e. The molecule has 7 heteroatoms. The molecule has 0 aromatic rings. The molecule has 0 aliphatic carbocycles. The summed E-state index contributed by atoms with van der Waals surface area (Å²) in [4.78, 5) is 43.1. The lowest BCUT2D eigenvalue weighted by molar-refractivity contribution is -0.140. The van der Waals surface area contributed by atoms with Crippen molar-refractivity contribution in [1.82, 2.24) is 20.4 Å². The van der Waals surface area contributed by atoms with Crippen LogP contribution in [0.3, 0.4) is 0 Å². The van der Waals surface area contributed by atoms with Gasteiger partial charge in [0.1, 0.15) is 6.04 Å². The summed E-state index contributed by atoms with van der Waals surface area (Å²) in [7, 11) is 1.76. The lowest BCUT2D eigenvalue weighted by Gasteiger charge is -2.39. The first-order valence-electron chi connectivity index (χ1n) is 12.6. The van der Waals surface area contributed by atoms with Crippen molar-refractivity contribution in [1.29, 1.82) is 0 Å². The standard InChI is InChI=1S/C26H48N4O3/c1-16(2)22(15-20(9)24(31)27-18(5)6)29(10)26(33)23(17(3)4)28-25(32)21-13-11-12-14-30(21)19(7)8/h15-19,21-23H,11-14H2,1-10H3,(H,27,31)(H,28,32)/b20-15+/t21-,22-,23?/m1/s1. The van der Waals surface area contributed by atoms with E-state index < -0.39 is 6.04 Å². The summed E-state index contributed by atoms with van der Waals surface area (Å²) in [6, 6.07) is -0.732. The monoisotopic (exact) mass is 464 g/mol. The van der Waals surface area contributed by atoms with Crippen LogP contribution in [0.5, 0.6) is 0 Å². The molecular formula is C26H48N4O3. The van der Waals surface area contributed by atoms with Crippen molar-refractivity contribution in [3.8, 4) is 0 Å². The van der Waals surface area contributed by atoms with Crippen molar-refractivity contribution < 1.29 is 14.4 Å². The number of amides is 3. The third kappa shape index (κ3) is 8.43. The Morgan fingerprint density at radius 2 is 1.55 bits per heavy atom. The van der Waals surface area contributed by atoms with Crippen molar-refractivity contribution in [2.24, 2.45) is 11.8 Å². The zero-order chi connectivity index (χ0) is 25.5. The minimum atomic E-state index is -0.613. The molecular weight excluding hydrogens is 416 g/mol. The minimum absolute atomic E-state index is 0.0448. The molecule has 1 rings (SSSR count). The van der Waals surface area contributed by atoms with Crippen LogP contribution in [0.1, 0.15) is 81.6 Å². The Balaban J connectivity index is 3.06. The normalized spacial score (nSPS) is 19.7. The largest absolute Gasteiger partial charge is 0.350 e. The molecule has 0 radical (unpaired) electrons. The van der Waals surface area contributed by atoms with Gasteiger partial charge in [-0.15, -0.1) is 0 Å². The van der Waals surface area contributed by atoms with Crippen LogP contribution < -0.4 is 10.6 Å². The summed E-state index contributed by atoms with van der Waals surface area (Å²) in [6.07, 6.45) is 4.81. The molecule has 1 saturated heterocycles. The van der Waals surface area contributed by atoms with Crippen molar-refractivity contribution in [3.63, 3.8) is 0 Å². The van der Waals surface area contributed by atoms with E-state index in [1.165, 1.54) is 0 Å². The molecule has 1 aliphatic heterocycles. The van der Waals surface area contributed by atoms with Crippen LogP contribution in [0.25, 0.3) is 0 Å². The van der Waals surface area contributed by atoms with E-state index in [-0.39, 0.29) is 53.7 Å². The highest BCUT2D eigenvalue weighted by Gasteiger charge is 2.35. The quantitative estimate of drug-likeness (QED) is 0.486. The number of carbonyl (C=O) groups is 3. The maximum Gasteiger partial charge on any atom is 0.246 e. The van der Waals surface area contributed by atoms with E-state index >= 15 is 0 Å². The molecule has 0 aromatic heterocycles. The van der Waals surface area contributed by atoms with Crippen molar-refractivity contribution in [2.75, 3.05) is 13.6 Å². The van der Waals surface area contributed by atoms with Gasteiger partial charge >= 0.3 is 0 Å². The van der Waals surface area contributed by atoms with Gasteiger partial charge < -0.3 is 15.5 Å². The molecule has 0 spiro atoms. The first-order valence-corrected chi connectivity index (χ1v) is 12.6. The fourth-order valence-corrected chi connectivity index (χ4v) is 4.44. The second-order valence-electron chi connectivity index (χ2n) is 10.7. The lowest BCUT2D eigenvalue weighted by Crippen LogP contribution is -2.58. The Hall–Kier alpha value is -1.89. The summed E-state index contributed by atoms with van der Waals surface area (Å²) in [5.74, 6) is -0.261. The molecule has 0 aromatic carbocycles. The van der Waals surface area contributed by atoms with Gasteiger partial charge in [0, 0.05) is 24.7 Å². The third-order valence-corrected chi connectivity index (χ3v) is 6.42. The van der Waals surface area contributed by atoms with Crippen LogP contribution >= 0.6 is 0 Å². The molecule has 3 atom stereocenters. The van der Waals surface area contributed by atoms with Gasteiger partial charge in [-0.3, -0.25) is 19.3 Å². The molecule has 7 nitrogen and oxygen atoms in total. The van der Waals surface area contributed by atoms with E-state index in [2.05, 4.69) is 29.4 Å². The highest BCUT2D eigenvalue weighted by atomic mass is 16.2. The average molecular weight is 465 g/mol. The van der Waals surface area contributed by atoms with Crippen LogP contribution in [-0.2, 0) is 14.4 Å². The van der Waals surface area contributed by atoms with Gasteiger partial charge in [-0.25, -0.2) is 0 Å². The van der Waals surface area contributed by atoms with Gasteiger partial charge in [0.25, 0.3) is 0 Å². The highest BCUT2D eigenvalue weighted by Crippen LogP contribution is 2.21. The summed E-state index contributed by atoms with van der Waals surface area (Å²) in [5, 5.41) is 5.98. The van der Waals surface area contributed by atoms with Gasteiger partial charge in [-0.1, -0.05) is 40.2 Å². The summed E-state index contributed by atoms with van der Waals surface area (Å²) in [6.45, 7) is 18.7. The third-order valence-electron chi connectivity index (χ3n) is 6.42. The van der Waals surface area contributed by atoms with Crippen LogP contribution in [0.15, 0.2) is 11.6 Å². The first kappa shape index (κ1) is 29.1. The van der Waals surface area contributed by atoms with Gasteiger partial charge in [0.05, 0.1) is 12.1 Å². The number of nitrogens with one attached hydrogen (secondary N) is 2. The summed E-state index contributed by atoms with van der Waals surface area (Å²) < 4.78 is 0. The molecule has 2 N–H and O–H groups in total. The highest BCUT2D eigenvalue weighted by molar-refractivity contribution is 5.93. The van der Waals surface area contributed by atoms with Crippen LogP contribution in [0, 0.1) is 11.8 Å². The smallest absolute Gasteiger partial charge is 0.246 e. The Kier molecular flexibility index (Phi) is 11.6. The van der Waals surface area contributed by atoms with Crippen LogP contribution in [0.2, 0.25) is 0 Å². The zero-order valence-corrected chi connectivity index (χ0v) is 22.6. The predicted molar refractivity (Wildman–Crippen MR) is 135 cm³/mol. The maximum atomic E-state index is 13.6. The van der Waals surface area contributed by atoms with Gasteiger partial charge in [-0.05, 0) is 65.8 Å². The van der Waals surface area contributed by atoms with Crippen LogP contribution in [-0.4, -0.2) is 71.3 Å². The second kappa shape index (κ2) is 13.1. The fraction of sp³-hybridized carbons (Fsp3) is 0.808. The Labute approximate surface area is 201 Å². The van der Waals surface area contributed by atoms with E-state index in [1.807, 2.05) is 47.6 Å². The van der Waals surface area contributed by atoms with Gasteiger partial charge in [0.15, 0.2) is 0 Å². The van der Waals surface area contributed by atoms with Crippen molar-refractivity contribution in [3.05, 3.63) is 11.6 Å². The van der Waals surface area contributed by atoms with Crippen molar-refractivity contribution >= 4 is 17.7 Å². The molecule has 190 valence electrons. The second-order valence-corrected chi connectivity index (χ2v) is 10.7. The molecule has 0 saturated carbocycles. The molecule has 1 heterocycles. The topological polar surface area (TPSA) is 81.8 Å². The number of likely N-dealkylation sites (N-methyl/N-ethyl adjacent to an activating group) is 1. The number of nitrogens with zero attached hydrogens (tertiary/aromatic N) is 2. The fourth-order valence-electron chi connectivity index (χ4n) is 4.44. The Morgan fingerprint density at radius 1 is 0.939 bits per heavy atom. The Morgan fingerprint density at radius 3 is 2.03 bits per heavy atom. The lowest BCUT2D eigenvalue weighted by atomic mass is 9.95. The number of piperidine rings is 1. The molecule has 3 amide bonds. The molecule has 1 fully saturated rings. The zero-order valence-electron chi connectivity index (χ0n) is 22.6. The average Bonchev–Trinajstić information content (AvgIpc) is 2.73. The number of likely N-dealkylation sites (tertiary alicyclic amines) is 1. The van der Waals surface area contributed by atoms with E-state index in [1.54, 1.807) is 18.9 Å². The van der Waals surface area contributed by atoms with Gasteiger partial charge in [0.2, 0.25) is 17.7 Å². The summed E-state index contributed by atoms with van der Waals surface area (Å²) in [5.41, 5.74) is 0.585. The first-order chi connectivity index (χ1) is 15.3. The molecule has 1 aliphatic rings. The predicted octanol–water partition coefficient (Wildman–Crippen LogP) is 3.34. The number of rotatable bonds is 10. The van der Waals surface area contributed by atoms with E-state index in [0.717, 1.165) is 25.8 Å². The molecule has 1 unspecified atom stereocenters. The summed E-state index contributed by atoms with van der Waals surface area (Å²) >= 11 is 0. The number of carbonyl (C=O) groups excluding carboxylic acids is 3. The van der Waals surface area contributed by atoms with Gasteiger partial charge in [-0.2, -0.15) is 0 Å². The Bertz CT molecular complexity index is 700. The van der Waals surface area contributed by atoms with E-state index in [0.29, 0.717) is 5.57 Å². The number of hydrogen-bond donors (Lipinski definition) is 2. The molecule has 33 heavy (non-hydrogen) atoms.